The molecular weight excluding hydrogens is 362 g/mol. The van der Waals surface area contributed by atoms with Crippen LogP contribution in [0.3, 0.4) is 0 Å². The van der Waals surface area contributed by atoms with Crippen LogP contribution in [0, 0.1) is 0 Å². The van der Waals surface area contributed by atoms with E-state index in [4.69, 9.17) is 0 Å². The monoisotopic (exact) mass is 392 g/mol. The number of hydrogen-bond acceptors (Lipinski definition) is 0. The Morgan fingerprint density at radius 1 is 0.833 bits per heavy atom. The van der Waals surface area contributed by atoms with Gasteiger partial charge in [-0.05, 0) is 58.1 Å². The quantitative estimate of drug-likeness (QED) is 0.264. The molecule has 0 amide bonds. The van der Waals surface area contributed by atoms with Crippen molar-refractivity contribution in [3.05, 3.63) is 109 Å². The number of allylic oxidation sites excluding steroid dienone is 2. The third-order valence-electron chi connectivity index (χ3n) is 6.12. The lowest BCUT2D eigenvalue weighted by Gasteiger charge is -2.30. The van der Waals surface area contributed by atoms with Crippen LogP contribution in [0.15, 0.2) is 97.6 Å². The highest BCUT2D eigenvalue weighted by molar-refractivity contribution is 5.90. The molecule has 2 N–H and O–H groups in total. The second-order valence-electron chi connectivity index (χ2n) is 8.31. The van der Waals surface area contributed by atoms with Gasteiger partial charge in [-0.15, -0.1) is 6.58 Å². The van der Waals surface area contributed by atoms with Gasteiger partial charge in [0.25, 0.3) is 0 Å². The maximum atomic E-state index is 4.07. The average Bonchev–Trinajstić information content (AvgIpc) is 2.78. The van der Waals surface area contributed by atoms with Gasteiger partial charge in [0.2, 0.25) is 0 Å². The van der Waals surface area contributed by atoms with E-state index in [1.165, 1.54) is 38.4 Å². The highest BCUT2D eigenvalue weighted by atomic mass is 14.8. The predicted octanol–water partition coefficient (Wildman–Crippen LogP) is 6.76. The van der Waals surface area contributed by atoms with Crippen LogP contribution in [-0.4, -0.2) is 7.05 Å². The van der Waals surface area contributed by atoms with Gasteiger partial charge in [0.15, 0.2) is 0 Å². The van der Waals surface area contributed by atoms with Crippen LogP contribution in [0.25, 0.3) is 27.6 Å². The Kier molecular flexibility index (Phi) is 5.83. The highest BCUT2D eigenvalue weighted by Crippen LogP contribution is 2.40. The Hall–Kier alpha value is -3.16. The highest BCUT2D eigenvalue weighted by Gasteiger charge is 2.30. The van der Waals surface area contributed by atoms with Gasteiger partial charge in [-0.1, -0.05) is 85.8 Å². The van der Waals surface area contributed by atoms with Gasteiger partial charge in [-0.2, -0.15) is 0 Å². The van der Waals surface area contributed by atoms with Crippen molar-refractivity contribution in [2.75, 3.05) is 7.05 Å². The van der Waals surface area contributed by atoms with Crippen LogP contribution in [-0.2, 0) is 5.41 Å². The van der Waals surface area contributed by atoms with Gasteiger partial charge in [0.1, 0.15) is 5.69 Å². The first-order valence-corrected chi connectivity index (χ1v) is 10.7. The molecule has 0 saturated heterocycles. The van der Waals surface area contributed by atoms with Gasteiger partial charge in [0, 0.05) is 11.0 Å². The Morgan fingerprint density at radius 2 is 1.53 bits per heavy atom. The minimum atomic E-state index is -0.0161. The molecule has 4 aromatic rings. The number of hydrogen-bond donors (Lipinski definition) is 1. The van der Waals surface area contributed by atoms with Crippen LogP contribution in [0.2, 0.25) is 0 Å². The second kappa shape index (κ2) is 8.69. The van der Waals surface area contributed by atoms with E-state index >= 15 is 0 Å². The molecule has 0 saturated carbocycles. The van der Waals surface area contributed by atoms with Gasteiger partial charge in [0.05, 0.1) is 7.05 Å². The number of fused-ring (bicyclic) bond motifs is 2. The van der Waals surface area contributed by atoms with E-state index in [2.05, 4.69) is 123 Å². The molecule has 0 aliphatic heterocycles. The van der Waals surface area contributed by atoms with Crippen molar-refractivity contribution < 1.29 is 5.32 Å². The lowest BCUT2D eigenvalue weighted by Crippen LogP contribution is -2.73. The standard InChI is InChI=1S/C29H29N/c1-4-19-29(2,28-26-14-8-7-12-24(26)17-18-27(28)30-3)20-9-10-22-15-16-23-11-5-6-13-25(23)21-22/h4-18,21,30H,1,19-20H2,2-3H3/p+1/b10-9+. The lowest BCUT2D eigenvalue weighted by atomic mass is 9.73. The fourth-order valence-electron chi connectivity index (χ4n) is 4.58. The summed E-state index contributed by atoms with van der Waals surface area (Å²) in [6, 6.07) is 28.4. The van der Waals surface area contributed by atoms with E-state index in [1.54, 1.807) is 0 Å². The van der Waals surface area contributed by atoms with E-state index in [9.17, 15) is 0 Å². The smallest absolute Gasteiger partial charge is 0.133 e. The zero-order valence-corrected chi connectivity index (χ0v) is 17.9. The molecule has 4 rings (SSSR count). The summed E-state index contributed by atoms with van der Waals surface area (Å²) < 4.78 is 0. The Morgan fingerprint density at radius 3 is 2.30 bits per heavy atom. The van der Waals surface area contributed by atoms with Gasteiger partial charge in [-0.3, -0.25) is 0 Å². The average molecular weight is 393 g/mol. The molecule has 0 spiro atoms. The molecule has 1 unspecified atom stereocenters. The third kappa shape index (κ3) is 3.94. The number of nitrogens with two attached hydrogens (primary N) is 1. The first-order valence-electron chi connectivity index (χ1n) is 10.7. The number of quaternary nitrogens is 1. The minimum Gasteiger partial charge on any atom is -0.316 e. The molecular formula is C29H30N+. The van der Waals surface area contributed by atoms with E-state index in [0.717, 1.165) is 12.8 Å². The van der Waals surface area contributed by atoms with Crippen molar-refractivity contribution in [2.45, 2.75) is 25.2 Å². The molecule has 1 heteroatoms. The fraction of sp³-hybridized carbons (Fsp3) is 0.172. The molecule has 0 aliphatic carbocycles. The third-order valence-corrected chi connectivity index (χ3v) is 6.12. The largest absolute Gasteiger partial charge is 0.316 e. The minimum absolute atomic E-state index is 0.0161. The van der Waals surface area contributed by atoms with Crippen LogP contribution in [0.4, 0.5) is 5.69 Å². The first kappa shape index (κ1) is 20.1. The molecule has 0 bridgehead atoms. The lowest BCUT2D eigenvalue weighted by molar-refractivity contribution is -0.540. The van der Waals surface area contributed by atoms with Crippen molar-refractivity contribution in [2.24, 2.45) is 0 Å². The Bertz CT molecular complexity index is 1220. The Balaban J connectivity index is 1.71. The summed E-state index contributed by atoms with van der Waals surface area (Å²) in [6.45, 7) is 6.44. The molecule has 0 aliphatic rings. The number of benzene rings is 4. The summed E-state index contributed by atoms with van der Waals surface area (Å²) in [5.41, 5.74) is 3.97. The SMILES string of the molecule is C=CCC(C)(C/C=C/c1ccc2ccccc2c1)c1c([NH2+]C)ccc2ccccc12. The maximum Gasteiger partial charge on any atom is 0.133 e. The zero-order chi connectivity index (χ0) is 21.0. The molecule has 1 atom stereocenters. The van der Waals surface area contributed by atoms with E-state index < -0.39 is 0 Å². The van der Waals surface area contributed by atoms with Crippen LogP contribution in [0.1, 0.15) is 30.9 Å². The summed E-state index contributed by atoms with van der Waals surface area (Å²) in [6.07, 6.45) is 8.54. The van der Waals surface area contributed by atoms with Crippen LogP contribution >= 0.6 is 0 Å². The van der Waals surface area contributed by atoms with Gasteiger partial charge in [-0.25, -0.2) is 0 Å². The number of rotatable bonds is 7. The molecule has 0 radical (unpaired) electrons. The van der Waals surface area contributed by atoms with Crippen molar-refractivity contribution in [1.29, 1.82) is 0 Å². The molecule has 30 heavy (non-hydrogen) atoms. The summed E-state index contributed by atoms with van der Waals surface area (Å²) in [4.78, 5) is 0. The van der Waals surface area contributed by atoms with Crippen molar-refractivity contribution in [1.82, 2.24) is 0 Å². The van der Waals surface area contributed by atoms with E-state index in [0.29, 0.717) is 0 Å². The van der Waals surface area contributed by atoms with Crippen molar-refractivity contribution in [3.63, 3.8) is 0 Å². The maximum absolute atomic E-state index is 4.07. The fourth-order valence-corrected chi connectivity index (χ4v) is 4.58. The molecule has 1 nitrogen and oxygen atoms in total. The topological polar surface area (TPSA) is 16.6 Å². The first-order chi connectivity index (χ1) is 14.6. The summed E-state index contributed by atoms with van der Waals surface area (Å²) in [5, 5.41) is 7.44. The molecule has 4 aromatic carbocycles. The molecule has 0 heterocycles. The molecule has 0 aromatic heterocycles. The molecule has 150 valence electrons. The normalized spacial score (nSPS) is 13.7. The van der Waals surface area contributed by atoms with Gasteiger partial charge >= 0.3 is 0 Å². The Labute approximate surface area is 179 Å². The van der Waals surface area contributed by atoms with Crippen molar-refractivity contribution >= 4 is 33.3 Å². The predicted molar refractivity (Wildman–Crippen MR) is 131 cm³/mol. The molecule has 0 fully saturated rings. The second-order valence-corrected chi connectivity index (χ2v) is 8.31. The van der Waals surface area contributed by atoms with E-state index in [1.807, 2.05) is 0 Å². The van der Waals surface area contributed by atoms with Crippen molar-refractivity contribution in [3.8, 4) is 0 Å². The summed E-state index contributed by atoms with van der Waals surface area (Å²) in [5.74, 6) is 0. The summed E-state index contributed by atoms with van der Waals surface area (Å²) >= 11 is 0. The van der Waals surface area contributed by atoms with Crippen LogP contribution < -0.4 is 5.32 Å². The zero-order valence-electron chi connectivity index (χ0n) is 17.9. The summed E-state index contributed by atoms with van der Waals surface area (Å²) in [7, 11) is 2.13. The van der Waals surface area contributed by atoms with Gasteiger partial charge < -0.3 is 5.32 Å². The van der Waals surface area contributed by atoms with Crippen LogP contribution in [0.5, 0.6) is 0 Å². The van der Waals surface area contributed by atoms with E-state index in [-0.39, 0.29) is 5.41 Å².